The summed E-state index contributed by atoms with van der Waals surface area (Å²) >= 11 is 1.49. The lowest BCUT2D eigenvalue weighted by atomic mass is 10.00. The number of pyridine rings is 1. The Balaban J connectivity index is 1.65. The number of aryl methyl sites for hydroxylation is 4. The number of rotatable bonds is 5. The quantitative estimate of drug-likeness (QED) is 0.422. The van der Waals surface area contributed by atoms with E-state index < -0.39 is 5.91 Å². The molecule has 0 saturated heterocycles. The molecule has 0 spiro atoms. The van der Waals surface area contributed by atoms with E-state index in [2.05, 4.69) is 38.7 Å². The molecule has 0 saturated carbocycles. The van der Waals surface area contributed by atoms with Crippen molar-refractivity contribution in [3.63, 3.8) is 0 Å². The third-order valence-electron chi connectivity index (χ3n) is 4.96. The van der Waals surface area contributed by atoms with Crippen LogP contribution in [-0.4, -0.2) is 15.9 Å². The Hall–Kier alpha value is -3.51. The fourth-order valence-corrected chi connectivity index (χ4v) is 4.50. The molecule has 0 aliphatic carbocycles. The number of carbonyl (C=O) groups is 1. The van der Waals surface area contributed by atoms with E-state index in [4.69, 9.17) is 15.5 Å². The zero-order valence-electron chi connectivity index (χ0n) is 17.9. The van der Waals surface area contributed by atoms with Crippen molar-refractivity contribution >= 4 is 17.2 Å². The highest BCUT2D eigenvalue weighted by molar-refractivity contribution is 7.13. The number of nitrogens with two attached hydrogens (primary N) is 1. The van der Waals surface area contributed by atoms with Crippen LogP contribution < -0.4 is 10.5 Å². The number of primary amides is 1. The average Bonchev–Trinajstić information content (AvgIpc) is 3.16. The Morgan fingerprint density at radius 3 is 2.19 bits per heavy atom. The number of amides is 1. The molecule has 0 fully saturated rings. The molecule has 4 rings (SSSR count). The lowest BCUT2D eigenvalue weighted by Crippen LogP contribution is -2.10. The highest BCUT2D eigenvalue weighted by Gasteiger charge is 2.15. The summed E-state index contributed by atoms with van der Waals surface area (Å²) in [5.74, 6) is 1.15. The number of nitrogens with zero attached hydrogens (tertiary/aromatic N) is 2. The molecule has 0 aliphatic heterocycles. The van der Waals surface area contributed by atoms with Crippen LogP contribution in [0.5, 0.6) is 11.5 Å². The van der Waals surface area contributed by atoms with E-state index in [0.29, 0.717) is 11.3 Å². The molecule has 2 heterocycles. The van der Waals surface area contributed by atoms with E-state index in [-0.39, 0.29) is 0 Å². The topological polar surface area (TPSA) is 78.1 Å². The molecule has 2 aromatic heterocycles. The van der Waals surface area contributed by atoms with Crippen molar-refractivity contribution in [2.45, 2.75) is 27.7 Å². The molecular formula is C25H23N3O2S. The van der Waals surface area contributed by atoms with Crippen molar-refractivity contribution in [2.24, 2.45) is 5.73 Å². The van der Waals surface area contributed by atoms with Crippen molar-refractivity contribution in [3.05, 3.63) is 81.9 Å². The summed E-state index contributed by atoms with van der Waals surface area (Å²) in [6.07, 6.45) is 1.58. The predicted octanol–water partition coefficient (Wildman–Crippen LogP) is 6.00. The van der Waals surface area contributed by atoms with Crippen LogP contribution in [0.1, 0.15) is 32.6 Å². The minimum atomic E-state index is -0.480. The SMILES string of the molecule is Cc1cc(C)cc(Oc2cc(C)c(-c3csc(-c4cc(C(N)=O)ccn4)n3)c(C)c2)c1. The van der Waals surface area contributed by atoms with E-state index in [0.717, 1.165) is 38.9 Å². The zero-order valence-corrected chi connectivity index (χ0v) is 18.7. The Morgan fingerprint density at radius 1 is 0.903 bits per heavy atom. The van der Waals surface area contributed by atoms with Gasteiger partial charge in [-0.15, -0.1) is 11.3 Å². The first kappa shape index (κ1) is 20.8. The summed E-state index contributed by atoms with van der Waals surface area (Å²) in [6, 6.07) is 13.5. The molecule has 0 radical (unpaired) electrons. The Labute approximate surface area is 185 Å². The summed E-state index contributed by atoms with van der Waals surface area (Å²) in [6.45, 7) is 8.24. The fraction of sp³-hybridized carbons (Fsp3) is 0.160. The highest BCUT2D eigenvalue weighted by atomic mass is 32.1. The molecule has 0 aliphatic rings. The number of hydrogen-bond acceptors (Lipinski definition) is 5. The monoisotopic (exact) mass is 429 g/mol. The van der Waals surface area contributed by atoms with Gasteiger partial charge in [0.25, 0.3) is 0 Å². The van der Waals surface area contributed by atoms with Gasteiger partial charge in [-0.2, -0.15) is 0 Å². The van der Waals surface area contributed by atoms with Gasteiger partial charge in [-0.3, -0.25) is 9.78 Å². The highest BCUT2D eigenvalue weighted by Crippen LogP contribution is 2.35. The van der Waals surface area contributed by atoms with Gasteiger partial charge in [0, 0.05) is 22.7 Å². The van der Waals surface area contributed by atoms with Crippen LogP contribution in [0.2, 0.25) is 0 Å². The summed E-state index contributed by atoms with van der Waals surface area (Å²) in [7, 11) is 0. The second-order valence-electron chi connectivity index (χ2n) is 7.69. The maximum Gasteiger partial charge on any atom is 0.248 e. The van der Waals surface area contributed by atoms with Crippen molar-refractivity contribution in [1.29, 1.82) is 0 Å². The lowest BCUT2D eigenvalue weighted by Gasteiger charge is -2.13. The standard InChI is InChI=1S/C25H23N3O2S/c1-14-7-15(2)9-19(8-14)30-20-10-16(3)23(17(4)11-20)22-13-31-25(28-22)21-12-18(24(26)29)5-6-27-21/h5-13H,1-4H3,(H2,26,29). The number of carbonyl (C=O) groups excluding carboxylic acids is 1. The second-order valence-corrected chi connectivity index (χ2v) is 8.55. The third kappa shape index (κ3) is 4.49. The maximum atomic E-state index is 11.5. The van der Waals surface area contributed by atoms with Crippen LogP contribution in [0.3, 0.4) is 0 Å². The summed E-state index contributed by atoms with van der Waals surface area (Å²) in [5, 5.41) is 2.75. The summed E-state index contributed by atoms with van der Waals surface area (Å²) < 4.78 is 6.13. The van der Waals surface area contributed by atoms with E-state index in [1.54, 1.807) is 18.3 Å². The van der Waals surface area contributed by atoms with E-state index in [9.17, 15) is 4.79 Å². The summed E-state index contributed by atoms with van der Waals surface area (Å²) in [4.78, 5) is 20.6. The van der Waals surface area contributed by atoms with Crippen LogP contribution in [0.15, 0.2) is 54.0 Å². The van der Waals surface area contributed by atoms with Gasteiger partial charge in [-0.05, 0) is 86.3 Å². The van der Waals surface area contributed by atoms with Crippen molar-refractivity contribution in [1.82, 2.24) is 9.97 Å². The number of aromatic nitrogens is 2. The number of benzene rings is 2. The smallest absolute Gasteiger partial charge is 0.248 e. The molecule has 1 amide bonds. The molecule has 31 heavy (non-hydrogen) atoms. The van der Waals surface area contributed by atoms with Crippen molar-refractivity contribution < 1.29 is 9.53 Å². The maximum absolute atomic E-state index is 11.5. The molecule has 4 aromatic rings. The Kier molecular flexibility index (Phi) is 5.57. The van der Waals surface area contributed by atoms with Crippen LogP contribution in [0.4, 0.5) is 0 Å². The number of thiazole rings is 1. The Bertz CT molecular complexity index is 1250. The fourth-order valence-electron chi connectivity index (χ4n) is 3.72. The molecule has 156 valence electrons. The van der Waals surface area contributed by atoms with Crippen LogP contribution in [0, 0.1) is 27.7 Å². The molecule has 5 nitrogen and oxygen atoms in total. The number of ether oxygens (including phenoxy) is 1. The van der Waals surface area contributed by atoms with Gasteiger partial charge in [-0.25, -0.2) is 4.98 Å². The minimum Gasteiger partial charge on any atom is -0.457 e. The molecule has 2 N–H and O–H groups in total. The normalized spacial score (nSPS) is 10.8. The van der Waals surface area contributed by atoms with Crippen molar-refractivity contribution in [3.8, 4) is 33.5 Å². The minimum absolute atomic E-state index is 0.419. The second kappa shape index (κ2) is 8.32. The predicted molar refractivity (Wildman–Crippen MR) is 125 cm³/mol. The molecule has 6 heteroatoms. The molecular weight excluding hydrogens is 406 g/mol. The van der Waals surface area contributed by atoms with E-state index >= 15 is 0 Å². The first-order chi connectivity index (χ1) is 14.8. The third-order valence-corrected chi connectivity index (χ3v) is 5.83. The van der Waals surface area contributed by atoms with Gasteiger partial charge in [0.1, 0.15) is 16.5 Å². The first-order valence-electron chi connectivity index (χ1n) is 9.89. The number of hydrogen-bond donors (Lipinski definition) is 1. The van der Waals surface area contributed by atoms with Gasteiger partial charge in [0.2, 0.25) is 5.91 Å². The van der Waals surface area contributed by atoms with Gasteiger partial charge >= 0.3 is 0 Å². The molecule has 2 aromatic carbocycles. The molecule has 0 atom stereocenters. The zero-order chi connectivity index (χ0) is 22.1. The summed E-state index contributed by atoms with van der Waals surface area (Å²) in [5.41, 5.74) is 12.9. The molecule has 0 unspecified atom stereocenters. The van der Waals surface area contributed by atoms with Gasteiger partial charge in [-0.1, -0.05) is 6.07 Å². The van der Waals surface area contributed by atoms with Gasteiger partial charge < -0.3 is 10.5 Å². The van der Waals surface area contributed by atoms with Crippen molar-refractivity contribution in [2.75, 3.05) is 0 Å². The lowest BCUT2D eigenvalue weighted by molar-refractivity contribution is 0.1000. The van der Waals surface area contributed by atoms with Crippen LogP contribution in [0.25, 0.3) is 22.0 Å². The van der Waals surface area contributed by atoms with Crippen LogP contribution in [-0.2, 0) is 0 Å². The largest absolute Gasteiger partial charge is 0.457 e. The molecule has 0 bridgehead atoms. The first-order valence-corrected chi connectivity index (χ1v) is 10.8. The Morgan fingerprint density at radius 2 is 1.55 bits per heavy atom. The van der Waals surface area contributed by atoms with E-state index in [1.165, 1.54) is 22.5 Å². The average molecular weight is 430 g/mol. The van der Waals surface area contributed by atoms with Gasteiger partial charge in [0.05, 0.1) is 11.4 Å². The van der Waals surface area contributed by atoms with E-state index in [1.807, 2.05) is 29.6 Å². The van der Waals surface area contributed by atoms with Gasteiger partial charge in [0.15, 0.2) is 0 Å². The van der Waals surface area contributed by atoms with Crippen LogP contribution >= 0.6 is 11.3 Å².